The lowest BCUT2D eigenvalue weighted by Crippen LogP contribution is -2.14. The first-order valence-corrected chi connectivity index (χ1v) is 3.85. The van der Waals surface area contributed by atoms with E-state index in [-0.39, 0.29) is 0 Å². The number of hydrogen-bond donors (Lipinski definition) is 0. The van der Waals surface area contributed by atoms with E-state index in [4.69, 9.17) is 0 Å². The Morgan fingerprint density at radius 2 is 2.27 bits per heavy atom. The molecule has 5 heteroatoms. The van der Waals surface area contributed by atoms with Gasteiger partial charge in [0.05, 0.1) is 12.4 Å². The molecule has 0 rings (SSSR count). The molecular weight excluding hydrogens is 222 g/mol. The van der Waals surface area contributed by atoms with Gasteiger partial charge in [-0.25, -0.2) is 13.6 Å². The molecule has 0 bridgehead atoms. The monoisotopic (exact) mass is 228 g/mol. The number of ether oxygens (including phenoxy) is 1. The zero-order valence-electron chi connectivity index (χ0n) is 5.81. The Labute approximate surface area is 71.3 Å². The van der Waals surface area contributed by atoms with Crippen molar-refractivity contribution in [2.24, 2.45) is 0 Å². The van der Waals surface area contributed by atoms with E-state index < -0.39 is 17.2 Å². The van der Waals surface area contributed by atoms with Crippen LogP contribution >= 0.6 is 15.9 Å². The molecule has 0 unspecified atom stereocenters. The van der Waals surface area contributed by atoms with E-state index in [1.807, 2.05) is 0 Å². The van der Waals surface area contributed by atoms with E-state index in [0.717, 1.165) is 7.11 Å². The summed E-state index contributed by atoms with van der Waals surface area (Å²) in [5, 5.41) is -0.506. The molecule has 0 spiro atoms. The fourth-order valence-corrected chi connectivity index (χ4v) is 0.489. The van der Waals surface area contributed by atoms with Crippen molar-refractivity contribution in [3.63, 3.8) is 0 Å². The minimum atomic E-state index is -2.99. The second-order valence-corrected chi connectivity index (χ2v) is 2.31. The predicted octanol–water partition coefficient (Wildman–Crippen LogP) is 1.75. The summed E-state index contributed by atoms with van der Waals surface area (Å²) in [6.07, 6.45) is 1.19. The molecule has 0 saturated heterocycles. The van der Waals surface area contributed by atoms with Crippen LogP contribution in [0, 0.1) is 0 Å². The van der Waals surface area contributed by atoms with E-state index in [1.54, 1.807) is 0 Å². The minimum absolute atomic E-state index is 0.494. The molecular formula is C6H7BrF2O2. The highest BCUT2D eigenvalue weighted by Crippen LogP contribution is 2.17. The number of allylic oxidation sites excluding steroid dienone is 1. The third-order valence-corrected chi connectivity index (χ3v) is 1.59. The van der Waals surface area contributed by atoms with Gasteiger partial charge in [0.2, 0.25) is 0 Å². The number of rotatable bonds is 3. The molecule has 0 aliphatic rings. The van der Waals surface area contributed by atoms with Crippen molar-refractivity contribution >= 4 is 21.9 Å². The van der Waals surface area contributed by atoms with Crippen LogP contribution in [0.25, 0.3) is 0 Å². The lowest BCUT2D eigenvalue weighted by Gasteiger charge is -2.04. The van der Waals surface area contributed by atoms with Gasteiger partial charge in [-0.2, -0.15) is 0 Å². The van der Waals surface area contributed by atoms with Gasteiger partial charge in [-0.3, -0.25) is 0 Å². The SMILES string of the molecule is COC(=O)C=CC(F)(F)CBr. The molecule has 0 aliphatic heterocycles. The third-order valence-electron chi connectivity index (χ3n) is 0.843. The standard InChI is InChI=1S/C6H7BrF2O2/c1-11-5(10)2-3-6(8,9)4-7/h2-3H,4H2,1H3. The van der Waals surface area contributed by atoms with E-state index in [0.29, 0.717) is 12.2 Å². The highest BCUT2D eigenvalue weighted by Gasteiger charge is 2.22. The zero-order chi connectivity index (χ0) is 8.91. The van der Waals surface area contributed by atoms with Crippen LogP contribution in [0.15, 0.2) is 12.2 Å². The summed E-state index contributed by atoms with van der Waals surface area (Å²) in [4.78, 5) is 10.3. The third kappa shape index (κ3) is 4.89. The van der Waals surface area contributed by atoms with E-state index in [9.17, 15) is 13.6 Å². The molecule has 0 fully saturated rings. The Morgan fingerprint density at radius 1 is 1.73 bits per heavy atom. The molecule has 11 heavy (non-hydrogen) atoms. The smallest absolute Gasteiger partial charge is 0.330 e. The van der Waals surface area contributed by atoms with Crippen molar-refractivity contribution in [1.29, 1.82) is 0 Å². The highest BCUT2D eigenvalue weighted by atomic mass is 79.9. The molecule has 0 N–H and O–H groups in total. The van der Waals surface area contributed by atoms with Crippen molar-refractivity contribution in [3.05, 3.63) is 12.2 Å². The second kappa shape index (κ2) is 4.43. The van der Waals surface area contributed by atoms with Crippen molar-refractivity contribution in [3.8, 4) is 0 Å². The Kier molecular flexibility index (Phi) is 4.25. The number of carbonyl (C=O) groups excluding carboxylic acids is 1. The van der Waals surface area contributed by atoms with Crippen LogP contribution in [0.4, 0.5) is 8.78 Å². The summed E-state index contributed by atoms with van der Waals surface area (Å²) >= 11 is 2.59. The molecule has 64 valence electrons. The van der Waals surface area contributed by atoms with Gasteiger partial charge >= 0.3 is 5.97 Å². The lowest BCUT2D eigenvalue weighted by atomic mass is 10.3. The molecule has 0 aromatic heterocycles. The van der Waals surface area contributed by atoms with Gasteiger partial charge in [0, 0.05) is 6.08 Å². The first-order chi connectivity index (χ1) is 5.02. The zero-order valence-corrected chi connectivity index (χ0v) is 7.40. The van der Waals surface area contributed by atoms with Gasteiger partial charge < -0.3 is 4.74 Å². The Bertz CT molecular complexity index is 168. The van der Waals surface area contributed by atoms with Crippen LogP contribution in [0.1, 0.15) is 0 Å². The number of alkyl halides is 3. The number of methoxy groups -OCH3 is 1. The summed E-state index contributed by atoms with van der Waals surface area (Å²) in [5.41, 5.74) is 0. The molecule has 0 aliphatic carbocycles. The molecule has 0 atom stereocenters. The predicted molar refractivity (Wildman–Crippen MR) is 39.9 cm³/mol. The number of halogens is 3. The summed E-state index contributed by atoms with van der Waals surface area (Å²) in [6.45, 7) is 0. The number of carbonyl (C=O) groups is 1. The first kappa shape index (κ1) is 10.6. The van der Waals surface area contributed by atoms with E-state index in [1.165, 1.54) is 0 Å². The normalized spacial score (nSPS) is 12.0. The van der Waals surface area contributed by atoms with Gasteiger partial charge in [-0.15, -0.1) is 0 Å². The highest BCUT2D eigenvalue weighted by molar-refractivity contribution is 9.09. The molecule has 0 aromatic carbocycles. The topological polar surface area (TPSA) is 26.3 Å². The van der Waals surface area contributed by atoms with Crippen LogP contribution < -0.4 is 0 Å². The summed E-state index contributed by atoms with van der Waals surface area (Å²) in [7, 11) is 1.12. The molecule has 0 heterocycles. The van der Waals surface area contributed by atoms with Gasteiger partial charge in [0.15, 0.2) is 0 Å². The van der Waals surface area contributed by atoms with Crippen molar-refractivity contribution in [2.75, 3.05) is 12.4 Å². The van der Waals surface area contributed by atoms with Crippen molar-refractivity contribution in [1.82, 2.24) is 0 Å². The second-order valence-electron chi connectivity index (χ2n) is 1.75. The van der Waals surface area contributed by atoms with Gasteiger partial charge in [-0.05, 0) is 6.08 Å². The fraction of sp³-hybridized carbons (Fsp3) is 0.500. The Hall–Kier alpha value is -0.450. The molecule has 0 aromatic rings. The van der Waals surface area contributed by atoms with Crippen molar-refractivity contribution in [2.45, 2.75) is 5.92 Å². The Balaban J connectivity index is 4.01. The van der Waals surface area contributed by atoms with Gasteiger partial charge in [0.25, 0.3) is 5.92 Å². The maximum atomic E-state index is 12.3. The summed E-state index contributed by atoms with van der Waals surface area (Å²) < 4.78 is 28.7. The van der Waals surface area contributed by atoms with Gasteiger partial charge in [0.1, 0.15) is 0 Å². The summed E-state index contributed by atoms with van der Waals surface area (Å²) in [6, 6.07) is 0. The molecule has 0 radical (unpaired) electrons. The fourth-order valence-electron chi connectivity index (χ4n) is 0.303. The average molecular weight is 229 g/mol. The van der Waals surface area contributed by atoms with Gasteiger partial charge in [-0.1, -0.05) is 15.9 Å². The van der Waals surface area contributed by atoms with E-state index in [2.05, 4.69) is 20.7 Å². The number of esters is 1. The van der Waals surface area contributed by atoms with Crippen LogP contribution in [0.2, 0.25) is 0 Å². The van der Waals surface area contributed by atoms with Crippen LogP contribution in [-0.4, -0.2) is 24.3 Å². The van der Waals surface area contributed by atoms with Crippen LogP contribution in [0.5, 0.6) is 0 Å². The van der Waals surface area contributed by atoms with E-state index >= 15 is 0 Å². The molecule has 0 saturated carbocycles. The number of hydrogen-bond acceptors (Lipinski definition) is 2. The molecule has 0 amide bonds. The van der Waals surface area contributed by atoms with Crippen LogP contribution in [-0.2, 0) is 9.53 Å². The average Bonchev–Trinajstić information content (AvgIpc) is 2.00. The summed E-state index contributed by atoms with van der Waals surface area (Å²) in [5.74, 6) is -3.78. The quantitative estimate of drug-likeness (QED) is 0.418. The maximum absolute atomic E-state index is 12.3. The van der Waals surface area contributed by atoms with Crippen molar-refractivity contribution < 1.29 is 18.3 Å². The Morgan fingerprint density at radius 3 is 2.64 bits per heavy atom. The lowest BCUT2D eigenvalue weighted by molar-refractivity contribution is -0.135. The maximum Gasteiger partial charge on any atom is 0.330 e. The first-order valence-electron chi connectivity index (χ1n) is 2.73. The minimum Gasteiger partial charge on any atom is -0.466 e. The van der Waals surface area contributed by atoms with Crippen LogP contribution in [0.3, 0.4) is 0 Å². The molecule has 2 nitrogen and oxygen atoms in total. The largest absolute Gasteiger partial charge is 0.466 e.